The van der Waals surface area contributed by atoms with Crippen molar-refractivity contribution in [1.82, 2.24) is 0 Å². The van der Waals surface area contributed by atoms with Crippen LogP contribution in [0.15, 0.2) is 0 Å². The van der Waals surface area contributed by atoms with Gasteiger partial charge in [0.15, 0.2) is 0 Å². The van der Waals surface area contributed by atoms with E-state index in [1.165, 1.54) is 0 Å². The molecule has 0 spiro atoms. The van der Waals surface area contributed by atoms with E-state index in [-0.39, 0.29) is 18.9 Å². The van der Waals surface area contributed by atoms with E-state index in [9.17, 15) is 8.78 Å². The van der Waals surface area contributed by atoms with Crippen LogP contribution in [0.4, 0.5) is 8.78 Å². The van der Waals surface area contributed by atoms with Crippen LogP contribution in [0.5, 0.6) is 0 Å². The molecule has 1 aliphatic carbocycles. The molecule has 0 aromatic rings. The third kappa shape index (κ3) is 0.823. The molecule has 48 valence electrons. The molecule has 0 atom stereocenters. The number of alkyl halides is 2. The van der Waals surface area contributed by atoms with Crippen molar-refractivity contribution in [3.8, 4) is 0 Å². The molecular weight excluding hydrogens is 112 g/mol. The van der Waals surface area contributed by atoms with Gasteiger partial charge in [0, 0.05) is 6.04 Å². The molecule has 0 aromatic carbocycles. The number of rotatable bonds is 1. The Morgan fingerprint density at radius 1 is 1.62 bits per heavy atom. The minimum absolute atomic E-state index is 0.101. The van der Waals surface area contributed by atoms with Gasteiger partial charge >= 0.3 is 0 Å². The Labute approximate surface area is 46.9 Å². The predicted octanol–water partition coefficient (Wildman–Crippen LogP) is 0.785. The van der Waals surface area contributed by atoms with Crippen LogP contribution in [0.1, 0.15) is 12.8 Å². The largest absolute Gasteiger partial charge is 0.327 e. The first-order chi connectivity index (χ1) is 3.66. The maximum atomic E-state index is 12.4. The molecule has 0 bridgehead atoms. The van der Waals surface area contributed by atoms with E-state index >= 15 is 0 Å². The van der Waals surface area contributed by atoms with Gasteiger partial charge in [-0.25, -0.2) is 8.78 Å². The summed E-state index contributed by atoms with van der Waals surface area (Å²) in [6, 6.07) is -0.101. The second-order valence-corrected chi connectivity index (χ2v) is 2.45. The lowest BCUT2D eigenvalue weighted by molar-refractivity contribution is 0.0187. The lowest BCUT2D eigenvalue weighted by Gasteiger charge is -2.36. The molecule has 1 nitrogen and oxygen atoms in total. The summed E-state index contributed by atoms with van der Waals surface area (Å²) in [7, 11) is 0. The van der Waals surface area contributed by atoms with Crippen LogP contribution in [-0.4, -0.2) is 18.4 Å². The molecule has 0 unspecified atom stereocenters. The van der Waals surface area contributed by atoms with Crippen LogP contribution in [0.25, 0.3) is 0 Å². The smallest absolute Gasteiger partial charge is 0.142 e. The van der Waals surface area contributed by atoms with E-state index in [0.29, 0.717) is 0 Å². The Balaban J connectivity index is 2.30. The number of halogens is 2. The summed E-state index contributed by atoms with van der Waals surface area (Å²) in [5.41, 5.74) is 3.67. The van der Waals surface area contributed by atoms with E-state index in [0.717, 1.165) is 0 Å². The van der Waals surface area contributed by atoms with E-state index in [2.05, 4.69) is 0 Å². The minimum atomic E-state index is -1.56. The third-order valence-corrected chi connectivity index (χ3v) is 1.50. The average Bonchev–Trinajstić information content (AvgIpc) is 1.63. The van der Waals surface area contributed by atoms with Gasteiger partial charge in [-0.2, -0.15) is 0 Å². The SMILES string of the molecule is NC1CC(F)(CF)C1. The van der Waals surface area contributed by atoms with Crippen molar-refractivity contribution in [3.05, 3.63) is 0 Å². The summed E-state index contributed by atoms with van der Waals surface area (Å²) >= 11 is 0. The first-order valence-electron chi connectivity index (χ1n) is 2.67. The summed E-state index contributed by atoms with van der Waals surface area (Å²) in [5, 5.41) is 0. The van der Waals surface area contributed by atoms with Crippen molar-refractivity contribution >= 4 is 0 Å². The quantitative estimate of drug-likeness (QED) is 0.545. The molecule has 0 heterocycles. The maximum absolute atomic E-state index is 12.4. The Hall–Kier alpha value is -0.180. The lowest BCUT2D eigenvalue weighted by atomic mass is 9.79. The normalized spacial score (nSPS) is 46.1. The fourth-order valence-corrected chi connectivity index (χ4v) is 0.989. The Morgan fingerprint density at radius 3 is 2.25 bits per heavy atom. The second kappa shape index (κ2) is 1.65. The minimum Gasteiger partial charge on any atom is -0.327 e. The summed E-state index contributed by atoms with van der Waals surface area (Å²) in [6.45, 7) is -0.874. The predicted molar refractivity (Wildman–Crippen MR) is 27.0 cm³/mol. The molecule has 1 fully saturated rings. The highest BCUT2D eigenvalue weighted by molar-refractivity contribution is 4.96. The van der Waals surface area contributed by atoms with Crippen LogP contribution in [0, 0.1) is 0 Å². The summed E-state index contributed by atoms with van der Waals surface area (Å²) in [6.07, 6.45) is 0.396. The Bertz CT molecular complexity index is 88.4. The molecule has 0 aromatic heterocycles. The third-order valence-electron chi connectivity index (χ3n) is 1.50. The van der Waals surface area contributed by atoms with E-state index in [4.69, 9.17) is 5.73 Å². The summed E-state index contributed by atoms with van der Waals surface area (Å²) < 4.78 is 24.0. The fraction of sp³-hybridized carbons (Fsp3) is 1.00. The van der Waals surface area contributed by atoms with Crippen LogP contribution in [0.2, 0.25) is 0 Å². The molecule has 0 radical (unpaired) electrons. The standard InChI is InChI=1S/C5H9F2N/c6-3-5(7)1-4(8)2-5/h4H,1-3,8H2. The topological polar surface area (TPSA) is 26.0 Å². The van der Waals surface area contributed by atoms with Crippen molar-refractivity contribution in [1.29, 1.82) is 0 Å². The highest BCUT2D eigenvalue weighted by atomic mass is 19.2. The molecule has 0 aliphatic heterocycles. The lowest BCUT2D eigenvalue weighted by Crippen LogP contribution is -2.49. The van der Waals surface area contributed by atoms with Gasteiger partial charge in [-0.05, 0) is 12.8 Å². The zero-order valence-electron chi connectivity index (χ0n) is 4.53. The highest BCUT2D eigenvalue weighted by Gasteiger charge is 2.42. The molecule has 1 aliphatic rings. The van der Waals surface area contributed by atoms with Gasteiger partial charge in [-0.15, -0.1) is 0 Å². The first kappa shape index (κ1) is 5.95. The summed E-state index contributed by atoms with van der Waals surface area (Å²) in [5.74, 6) is 0. The Morgan fingerprint density at radius 2 is 2.12 bits per heavy atom. The zero-order chi connectivity index (χ0) is 6.20. The van der Waals surface area contributed by atoms with Gasteiger partial charge in [-0.3, -0.25) is 0 Å². The average molecular weight is 121 g/mol. The molecule has 2 N–H and O–H groups in total. The molecular formula is C5H9F2N. The number of hydrogen-bond acceptors (Lipinski definition) is 1. The summed E-state index contributed by atoms with van der Waals surface area (Å²) in [4.78, 5) is 0. The van der Waals surface area contributed by atoms with Gasteiger partial charge in [0.05, 0.1) is 0 Å². The van der Waals surface area contributed by atoms with Crippen LogP contribution >= 0.6 is 0 Å². The van der Waals surface area contributed by atoms with Crippen molar-refractivity contribution in [2.24, 2.45) is 5.73 Å². The molecule has 3 heteroatoms. The van der Waals surface area contributed by atoms with E-state index in [1.54, 1.807) is 0 Å². The van der Waals surface area contributed by atoms with E-state index < -0.39 is 12.3 Å². The second-order valence-electron chi connectivity index (χ2n) is 2.45. The molecule has 8 heavy (non-hydrogen) atoms. The van der Waals surface area contributed by atoms with Gasteiger partial charge in [0.25, 0.3) is 0 Å². The molecule has 1 rings (SSSR count). The van der Waals surface area contributed by atoms with Crippen LogP contribution in [-0.2, 0) is 0 Å². The zero-order valence-corrected chi connectivity index (χ0v) is 4.53. The van der Waals surface area contributed by atoms with Crippen molar-refractivity contribution in [3.63, 3.8) is 0 Å². The van der Waals surface area contributed by atoms with Gasteiger partial charge in [-0.1, -0.05) is 0 Å². The van der Waals surface area contributed by atoms with Gasteiger partial charge < -0.3 is 5.73 Å². The Kier molecular flexibility index (Phi) is 1.23. The molecule has 1 saturated carbocycles. The van der Waals surface area contributed by atoms with Crippen LogP contribution in [0.3, 0.4) is 0 Å². The van der Waals surface area contributed by atoms with Crippen molar-refractivity contribution in [2.75, 3.05) is 6.67 Å². The number of hydrogen-bond donors (Lipinski definition) is 1. The fourth-order valence-electron chi connectivity index (χ4n) is 0.989. The molecule has 0 saturated heterocycles. The monoisotopic (exact) mass is 121 g/mol. The molecule has 0 amide bonds. The van der Waals surface area contributed by atoms with Crippen molar-refractivity contribution in [2.45, 2.75) is 24.6 Å². The maximum Gasteiger partial charge on any atom is 0.142 e. The highest BCUT2D eigenvalue weighted by Crippen LogP contribution is 2.34. The van der Waals surface area contributed by atoms with Crippen LogP contribution < -0.4 is 5.73 Å². The number of nitrogens with two attached hydrogens (primary N) is 1. The van der Waals surface area contributed by atoms with Crippen molar-refractivity contribution < 1.29 is 8.78 Å². The van der Waals surface area contributed by atoms with E-state index in [1.807, 2.05) is 0 Å². The van der Waals surface area contributed by atoms with Gasteiger partial charge in [0.2, 0.25) is 0 Å². The first-order valence-corrected chi connectivity index (χ1v) is 2.67. The van der Waals surface area contributed by atoms with Gasteiger partial charge in [0.1, 0.15) is 12.3 Å².